The van der Waals surface area contributed by atoms with Gasteiger partial charge >= 0.3 is 5.97 Å². The second-order valence-corrected chi connectivity index (χ2v) is 4.67. The lowest BCUT2D eigenvalue weighted by molar-refractivity contribution is -0.136. The molecule has 1 rings (SSSR count). The van der Waals surface area contributed by atoms with Crippen molar-refractivity contribution in [1.82, 2.24) is 10.2 Å². The summed E-state index contributed by atoms with van der Waals surface area (Å²) in [6.45, 7) is 2.27. The molecular formula is C14H20N2O3. The van der Waals surface area contributed by atoms with Crippen molar-refractivity contribution in [2.24, 2.45) is 0 Å². The molecule has 2 N–H and O–H groups in total. The fraction of sp³-hybridized carbons (Fsp3) is 0.429. The number of rotatable bonds is 6. The quantitative estimate of drug-likeness (QED) is 0.800. The van der Waals surface area contributed by atoms with Crippen LogP contribution in [-0.4, -0.2) is 42.0 Å². The summed E-state index contributed by atoms with van der Waals surface area (Å²) in [7, 11) is 3.41. The molecule has 0 aromatic heterocycles. The molecule has 1 aromatic rings. The van der Waals surface area contributed by atoms with Gasteiger partial charge < -0.3 is 15.3 Å². The van der Waals surface area contributed by atoms with Crippen LogP contribution < -0.4 is 5.32 Å². The van der Waals surface area contributed by atoms with Gasteiger partial charge in [-0.15, -0.1) is 0 Å². The Hall–Kier alpha value is -1.88. The Morgan fingerprint density at radius 1 is 1.26 bits per heavy atom. The van der Waals surface area contributed by atoms with Crippen molar-refractivity contribution in [2.45, 2.75) is 25.9 Å². The number of carboxylic acid groups (broad SMARTS) is 1. The zero-order chi connectivity index (χ0) is 14.4. The molecule has 0 aliphatic carbocycles. The maximum Gasteiger partial charge on any atom is 0.307 e. The Morgan fingerprint density at radius 2 is 1.84 bits per heavy atom. The van der Waals surface area contributed by atoms with Gasteiger partial charge in [0.15, 0.2) is 0 Å². The van der Waals surface area contributed by atoms with Crippen molar-refractivity contribution in [1.29, 1.82) is 0 Å². The van der Waals surface area contributed by atoms with Crippen LogP contribution in [0, 0.1) is 0 Å². The minimum Gasteiger partial charge on any atom is -0.481 e. The minimum atomic E-state index is -0.857. The van der Waals surface area contributed by atoms with Gasteiger partial charge in [-0.2, -0.15) is 0 Å². The Kier molecular flexibility index (Phi) is 5.51. The lowest BCUT2D eigenvalue weighted by atomic mass is 10.0. The fourth-order valence-electron chi connectivity index (χ4n) is 1.80. The highest BCUT2D eigenvalue weighted by Gasteiger charge is 2.14. The molecule has 0 heterocycles. The number of aliphatic carboxylic acids is 1. The average molecular weight is 264 g/mol. The highest BCUT2D eigenvalue weighted by molar-refractivity contribution is 5.80. The minimum absolute atomic E-state index is 0.00397. The topological polar surface area (TPSA) is 69.6 Å². The van der Waals surface area contributed by atoms with Crippen molar-refractivity contribution >= 4 is 11.9 Å². The second-order valence-electron chi connectivity index (χ2n) is 4.67. The monoisotopic (exact) mass is 264 g/mol. The van der Waals surface area contributed by atoms with Crippen molar-refractivity contribution in [2.75, 3.05) is 14.1 Å². The van der Waals surface area contributed by atoms with E-state index in [9.17, 15) is 9.59 Å². The highest BCUT2D eigenvalue weighted by Crippen LogP contribution is 2.10. The molecule has 0 aliphatic rings. The number of nitrogens with one attached hydrogen (secondary N) is 1. The number of hydrogen-bond donors (Lipinski definition) is 2. The lowest BCUT2D eigenvalue weighted by Gasteiger charge is -2.18. The van der Waals surface area contributed by atoms with E-state index in [1.807, 2.05) is 18.2 Å². The van der Waals surface area contributed by atoms with E-state index in [4.69, 9.17) is 5.11 Å². The third-order valence-corrected chi connectivity index (χ3v) is 2.87. The Morgan fingerprint density at radius 3 is 2.37 bits per heavy atom. The van der Waals surface area contributed by atoms with E-state index in [0.29, 0.717) is 6.54 Å². The molecule has 1 unspecified atom stereocenters. The first kappa shape index (κ1) is 15.2. The predicted molar refractivity (Wildman–Crippen MR) is 72.8 cm³/mol. The molecule has 0 bridgehead atoms. The normalized spacial score (nSPS) is 11.9. The van der Waals surface area contributed by atoms with Gasteiger partial charge in [0.25, 0.3) is 0 Å². The summed E-state index contributed by atoms with van der Waals surface area (Å²) in [5.41, 5.74) is 1.68. The summed E-state index contributed by atoms with van der Waals surface area (Å²) in [6.07, 6.45) is -0.00609. The number of likely N-dealkylation sites (N-methyl/N-ethyl adjacent to an activating group) is 1. The first-order chi connectivity index (χ1) is 8.91. The van der Waals surface area contributed by atoms with Crippen LogP contribution in [0.1, 0.15) is 18.1 Å². The number of nitrogens with zero attached hydrogens (tertiary/aromatic N) is 1. The van der Waals surface area contributed by atoms with E-state index in [-0.39, 0.29) is 18.4 Å². The van der Waals surface area contributed by atoms with E-state index in [2.05, 4.69) is 5.32 Å². The number of benzene rings is 1. The zero-order valence-corrected chi connectivity index (χ0v) is 11.5. The smallest absolute Gasteiger partial charge is 0.307 e. The molecule has 0 saturated heterocycles. The number of carbonyl (C=O) groups excluding carboxylic acids is 1. The summed E-state index contributed by atoms with van der Waals surface area (Å²) in [5, 5.41) is 12.0. The van der Waals surface area contributed by atoms with Gasteiger partial charge in [0, 0.05) is 20.6 Å². The van der Waals surface area contributed by atoms with Gasteiger partial charge in [-0.3, -0.25) is 9.59 Å². The molecule has 1 atom stereocenters. The molecule has 0 fully saturated rings. The highest BCUT2D eigenvalue weighted by atomic mass is 16.4. The van der Waals surface area contributed by atoms with Crippen LogP contribution in [0.2, 0.25) is 0 Å². The SMILES string of the molecule is CC(NCc1ccccc1CC(=O)O)C(=O)N(C)C. The maximum absolute atomic E-state index is 11.7. The summed E-state index contributed by atoms with van der Waals surface area (Å²) in [4.78, 5) is 24.0. The lowest BCUT2D eigenvalue weighted by Crippen LogP contribution is -2.41. The maximum atomic E-state index is 11.7. The third-order valence-electron chi connectivity index (χ3n) is 2.87. The van der Waals surface area contributed by atoms with Crippen LogP contribution in [0.4, 0.5) is 0 Å². The molecule has 0 radical (unpaired) electrons. The van der Waals surface area contributed by atoms with Gasteiger partial charge in [0.2, 0.25) is 5.91 Å². The van der Waals surface area contributed by atoms with Gasteiger partial charge in [-0.25, -0.2) is 0 Å². The number of amides is 1. The Balaban J connectivity index is 2.67. The van der Waals surface area contributed by atoms with Gasteiger partial charge in [0.05, 0.1) is 12.5 Å². The number of hydrogen-bond acceptors (Lipinski definition) is 3. The van der Waals surface area contributed by atoms with Crippen LogP contribution >= 0.6 is 0 Å². The fourth-order valence-corrected chi connectivity index (χ4v) is 1.80. The standard InChI is InChI=1S/C14H20N2O3/c1-10(14(19)16(2)3)15-9-12-7-5-4-6-11(12)8-13(17)18/h4-7,10,15H,8-9H2,1-3H3,(H,17,18). The first-order valence-electron chi connectivity index (χ1n) is 6.15. The summed E-state index contributed by atoms with van der Waals surface area (Å²) in [6, 6.07) is 7.05. The molecule has 19 heavy (non-hydrogen) atoms. The summed E-state index contributed by atoms with van der Waals surface area (Å²) in [5.74, 6) is -0.861. The van der Waals surface area contributed by atoms with Crippen molar-refractivity contribution < 1.29 is 14.7 Å². The molecule has 0 spiro atoms. The molecule has 104 valence electrons. The van der Waals surface area contributed by atoms with E-state index in [0.717, 1.165) is 11.1 Å². The Bertz CT molecular complexity index is 458. The summed E-state index contributed by atoms with van der Waals surface area (Å²) >= 11 is 0. The van der Waals surface area contributed by atoms with E-state index < -0.39 is 5.97 Å². The van der Waals surface area contributed by atoms with Crippen LogP contribution in [-0.2, 0) is 22.6 Å². The van der Waals surface area contributed by atoms with Crippen molar-refractivity contribution in [3.05, 3.63) is 35.4 Å². The van der Waals surface area contributed by atoms with Crippen LogP contribution in [0.15, 0.2) is 24.3 Å². The molecular weight excluding hydrogens is 244 g/mol. The van der Waals surface area contributed by atoms with Crippen LogP contribution in [0.25, 0.3) is 0 Å². The number of carboxylic acids is 1. The molecule has 1 amide bonds. The molecule has 0 saturated carbocycles. The Labute approximate surface area is 113 Å². The van der Waals surface area contributed by atoms with Gasteiger partial charge in [0.1, 0.15) is 0 Å². The largest absolute Gasteiger partial charge is 0.481 e. The number of carbonyl (C=O) groups is 2. The van der Waals surface area contributed by atoms with Gasteiger partial charge in [-0.05, 0) is 18.1 Å². The van der Waals surface area contributed by atoms with Crippen LogP contribution in [0.3, 0.4) is 0 Å². The van der Waals surface area contributed by atoms with Crippen LogP contribution in [0.5, 0.6) is 0 Å². The van der Waals surface area contributed by atoms with E-state index in [1.54, 1.807) is 27.1 Å². The van der Waals surface area contributed by atoms with E-state index in [1.165, 1.54) is 4.90 Å². The van der Waals surface area contributed by atoms with Crippen molar-refractivity contribution in [3.8, 4) is 0 Å². The predicted octanol–water partition coefficient (Wildman–Crippen LogP) is 0.880. The average Bonchev–Trinajstić information content (AvgIpc) is 2.35. The molecule has 5 nitrogen and oxygen atoms in total. The second kappa shape index (κ2) is 6.89. The third kappa shape index (κ3) is 4.71. The summed E-state index contributed by atoms with van der Waals surface area (Å²) < 4.78 is 0. The molecule has 0 aliphatic heterocycles. The van der Waals surface area contributed by atoms with E-state index >= 15 is 0 Å². The molecule has 5 heteroatoms. The van der Waals surface area contributed by atoms with Crippen molar-refractivity contribution in [3.63, 3.8) is 0 Å². The first-order valence-corrected chi connectivity index (χ1v) is 6.15. The van der Waals surface area contributed by atoms with Gasteiger partial charge in [-0.1, -0.05) is 24.3 Å². The zero-order valence-electron chi connectivity index (χ0n) is 11.5. The molecule has 1 aromatic carbocycles.